The van der Waals surface area contributed by atoms with E-state index >= 15 is 0 Å². The van der Waals surface area contributed by atoms with Gasteiger partial charge in [-0.2, -0.15) is 5.10 Å². The summed E-state index contributed by atoms with van der Waals surface area (Å²) in [4.78, 5) is 15.4. The zero-order chi connectivity index (χ0) is 19.7. The molecule has 1 amide bonds. The lowest BCUT2D eigenvalue weighted by atomic mass is 9.72. The number of amides is 1. The number of aromatic amines is 1. The number of piperidine rings is 1. The summed E-state index contributed by atoms with van der Waals surface area (Å²) >= 11 is 0. The smallest absolute Gasteiger partial charge is 0.233 e. The fraction of sp³-hybridized carbons (Fsp3) is 0.524. The van der Waals surface area contributed by atoms with Gasteiger partial charge in [0.15, 0.2) is 0 Å². The number of ether oxygens (including phenoxy) is 1. The number of aromatic nitrogens is 2. The molecule has 0 spiro atoms. The first-order valence-corrected chi connectivity index (χ1v) is 9.84. The fourth-order valence-electron chi connectivity index (χ4n) is 4.66. The van der Waals surface area contributed by atoms with Crippen LogP contribution in [0.2, 0.25) is 0 Å². The zero-order valence-electron chi connectivity index (χ0n) is 16.0. The van der Waals surface area contributed by atoms with E-state index in [-0.39, 0.29) is 11.5 Å². The summed E-state index contributed by atoms with van der Waals surface area (Å²) in [5.74, 6) is -0.981. The molecule has 0 aliphatic carbocycles. The van der Waals surface area contributed by atoms with Crippen molar-refractivity contribution in [3.63, 3.8) is 0 Å². The summed E-state index contributed by atoms with van der Waals surface area (Å²) in [6, 6.07) is 3.53. The van der Waals surface area contributed by atoms with Crippen LogP contribution in [0.3, 0.4) is 0 Å². The average molecular weight is 389 g/mol. The third-order valence-corrected chi connectivity index (χ3v) is 6.29. The molecule has 2 aromatic rings. The Morgan fingerprint density at radius 3 is 2.57 bits per heavy atom. The summed E-state index contributed by atoms with van der Waals surface area (Å²) in [6.45, 7) is 4.05. The van der Waals surface area contributed by atoms with Gasteiger partial charge < -0.3 is 9.64 Å². The van der Waals surface area contributed by atoms with E-state index < -0.39 is 17.0 Å². The number of aryl methyl sites for hydroxylation is 1. The van der Waals surface area contributed by atoms with E-state index in [2.05, 4.69) is 10.2 Å². The molecule has 2 aliphatic heterocycles. The summed E-state index contributed by atoms with van der Waals surface area (Å²) in [5.41, 5.74) is 1.58. The number of H-pyrrole nitrogens is 1. The molecule has 1 aromatic carbocycles. The number of hydrogen-bond donors (Lipinski definition) is 1. The Morgan fingerprint density at radius 2 is 1.96 bits per heavy atom. The summed E-state index contributed by atoms with van der Waals surface area (Å²) in [7, 11) is 0. The highest BCUT2D eigenvalue weighted by Crippen LogP contribution is 2.40. The van der Waals surface area contributed by atoms with Gasteiger partial charge in [-0.05, 0) is 50.2 Å². The molecule has 0 radical (unpaired) electrons. The summed E-state index contributed by atoms with van der Waals surface area (Å²) < 4.78 is 33.5. The Bertz CT molecular complexity index is 853. The van der Waals surface area contributed by atoms with Gasteiger partial charge in [0.2, 0.25) is 5.91 Å². The van der Waals surface area contributed by atoms with Crippen molar-refractivity contribution in [3.8, 4) is 0 Å². The molecule has 4 rings (SSSR count). The fourth-order valence-corrected chi connectivity index (χ4v) is 4.66. The quantitative estimate of drug-likeness (QED) is 0.875. The molecule has 2 fully saturated rings. The Morgan fingerprint density at radius 1 is 1.25 bits per heavy atom. The maximum absolute atomic E-state index is 14.6. The summed E-state index contributed by atoms with van der Waals surface area (Å²) in [6.07, 6.45) is 4.39. The molecule has 1 aromatic heterocycles. The van der Waals surface area contributed by atoms with Crippen LogP contribution in [0.4, 0.5) is 8.78 Å². The van der Waals surface area contributed by atoms with Gasteiger partial charge in [0, 0.05) is 43.6 Å². The lowest BCUT2D eigenvalue weighted by Crippen LogP contribution is -2.52. The molecule has 1 N–H and O–H groups in total. The lowest BCUT2D eigenvalue weighted by Gasteiger charge is -2.42. The molecule has 150 valence electrons. The van der Waals surface area contributed by atoms with Crippen LogP contribution in [0.25, 0.3) is 0 Å². The number of halogens is 2. The van der Waals surface area contributed by atoms with Crippen LogP contribution in [0.15, 0.2) is 24.4 Å². The molecule has 7 heteroatoms. The largest absolute Gasteiger partial charge is 0.381 e. The molecule has 5 nitrogen and oxygen atoms in total. The topological polar surface area (TPSA) is 58.2 Å². The van der Waals surface area contributed by atoms with E-state index in [1.807, 2.05) is 18.0 Å². The van der Waals surface area contributed by atoms with Crippen LogP contribution in [-0.4, -0.2) is 47.3 Å². The van der Waals surface area contributed by atoms with Crippen LogP contribution < -0.4 is 0 Å². The van der Waals surface area contributed by atoms with Gasteiger partial charge in [0.05, 0.1) is 11.6 Å². The van der Waals surface area contributed by atoms with Crippen molar-refractivity contribution in [1.29, 1.82) is 0 Å². The second-order valence-electron chi connectivity index (χ2n) is 7.84. The highest BCUT2D eigenvalue weighted by molar-refractivity contribution is 5.88. The molecule has 0 atom stereocenters. The molecular formula is C21H25F2N3O2. The standard InChI is InChI=1S/C21H25F2N3O2/c1-14-17(13-24-25-14)15-4-8-26(9-5-15)20(27)21(6-10-28-11-7-21)18-3-2-16(22)12-19(18)23/h2-3,12-13,15H,4-11H2,1H3,(H,24,25). The van der Waals surface area contributed by atoms with E-state index in [1.165, 1.54) is 17.7 Å². The number of carbonyl (C=O) groups excluding carboxylic acids is 1. The van der Waals surface area contributed by atoms with E-state index in [9.17, 15) is 13.6 Å². The highest BCUT2D eigenvalue weighted by atomic mass is 19.1. The van der Waals surface area contributed by atoms with Gasteiger partial charge in [-0.3, -0.25) is 9.89 Å². The Kier molecular flexibility index (Phi) is 5.19. The third kappa shape index (κ3) is 3.32. The minimum absolute atomic E-state index is 0.0660. The van der Waals surface area contributed by atoms with Crippen molar-refractivity contribution >= 4 is 5.91 Å². The Hall–Kier alpha value is -2.28. The van der Waals surface area contributed by atoms with E-state index in [4.69, 9.17) is 4.74 Å². The van der Waals surface area contributed by atoms with Crippen molar-refractivity contribution in [3.05, 3.63) is 52.9 Å². The third-order valence-electron chi connectivity index (χ3n) is 6.29. The average Bonchev–Trinajstić information content (AvgIpc) is 3.14. The van der Waals surface area contributed by atoms with Crippen LogP contribution in [0.1, 0.15) is 48.4 Å². The van der Waals surface area contributed by atoms with Gasteiger partial charge in [-0.1, -0.05) is 6.07 Å². The van der Waals surface area contributed by atoms with Gasteiger partial charge in [-0.15, -0.1) is 0 Å². The van der Waals surface area contributed by atoms with Crippen LogP contribution in [0, 0.1) is 18.6 Å². The Balaban J connectivity index is 1.56. The molecule has 28 heavy (non-hydrogen) atoms. The monoisotopic (exact) mass is 389 g/mol. The van der Waals surface area contributed by atoms with Crippen LogP contribution >= 0.6 is 0 Å². The number of rotatable bonds is 3. The predicted molar refractivity (Wildman–Crippen MR) is 100.0 cm³/mol. The first-order valence-electron chi connectivity index (χ1n) is 9.84. The maximum atomic E-state index is 14.6. The molecule has 3 heterocycles. The number of nitrogens with zero attached hydrogens (tertiary/aromatic N) is 2. The van der Waals surface area contributed by atoms with Crippen molar-refractivity contribution in [2.24, 2.45) is 0 Å². The second kappa shape index (κ2) is 7.62. The van der Waals surface area contributed by atoms with Crippen molar-refractivity contribution in [1.82, 2.24) is 15.1 Å². The number of likely N-dealkylation sites (tertiary alicyclic amines) is 1. The molecule has 0 saturated carbocycles. The van der Waals surface area contributed by atoms with Crippen molar-refractivity contribution < 1.29 is 18.3 Å². The number of nitrogens with one attached hydrogen (secondary N) is 1. The first kappa shape index (κ1) is 19.1. The van der Waals surface area contributed by atoms with Crippen molar-refractivity contribution in [2.45, 2.75) is 43.9 Å². The van der Waals surface area contributed by atoms with Crippen molar-refractivity contribution in [2.75, 3.05) is 26.3 Å². The van der Waals surface area contributed by atoms with E-state index in [1.54, 1.807) is 0 Å². The number of carbonyl (C=O) groups is 1. The van der Waals surface area contributed by atoms with Gasteiger partial charge in [0.1, 0.15) is 11.6 Å². The van der Waals surface area contributed by atoms with Gasteiger partial charge >= 0.3 is 0 Å². The van der Waals surface area contributed by atoms with Gasteiger partial charge in [-0.25, -0.2) is 8.78 Å². The Labute approximate surface area is 163 Å². The normalized spacial score (nSPS) is 20.3. The lowest BCUT2D eigenvalue weighted by molar-refractivity contribution is -0.142. The molecular weight excluding hydrogens is 364 g/mol. The maximum Gasteiger partial charge on any atom is 0.233 e. The highest BCUT2D eigenvalue weighted by Gasteiger charge is 2.46. The first-order chi connectivity index (χ1) is 13.5. The minimum atomic E-state index is -0.978. The predicted octanol–water partition coefficient (Wildman–Crippen LogP) is 3.45. The van der Waals surface area contributed by atoms with Crippen LogP contribution in [0.5, 0.6) is 0 Å². The molecule has 0 bridgehead atoms. The molecule has 2 saturated heterocycles. The number of hydrogen-bond acceptors (Lipinski definition) is 3. The van der Waals surface area contributed by atoms with E-state index in [0.29, 0.717) is 45.1 Å². The number of benzene rings is 1. The zero-order valence-corrected chi connectivity index (χ0v) is 16.0. The SMILES string of the molecule is Cc1[nH]ncc1C1CCN(C(=O)C2(c3ccc(F)cc3F)CCOCC2)CC1. The van der Waals surface area contributed by atoms with Crippen LogP contribution in [-0.2, 0) is 14.9 Å². The van der Waals surface area contributed by atoms with Gasteiger partial charge in [0.25, 0.3) is 0 Å². The second-order valence-corrected chi connectivity index (χ2v) is 7.84. The summed E-state index contributed by atoms with van der Waals surface area (Å²) in [5, 5.41) is 7.07. The molecule has 2 aliphatic rings. The van der Waals surface area contributed by atoms with E-state index in [0.717, 1.165) is 24.6 Å². The minimum Gasteiger partial charge on any atom is -0.381 e. The molecule has 0 unspecified atom stereocenters.